The summed E-state index contributed by atoms with van der Waals surface area (Å²) in [6.45, 7) is 0.796. The molecule has 0 fully saturated rings. The Morgan fingerprint density at radius 1 is 1.05 bits per heavy atom. The summed E-state index contributed by atoms with van der Waals surface area (Å²) in [6.07, 6.45) is 0. The van der Waals surface area contributed by atoms with Gasteiger partial charge in [0, 0.05) is 30.3 Å². The number of benzene rings is 2. The maximum absolute atomic E-state index is 13.6. The summed E-state index contributed by atoms with van der Waals surface area (Å²) in [4.78, 5) is 12.4. The summed E-state index contributed by atoms with van der Waals surface area (Å²) in [7, 11) is 1.81. The molecule has 0 saturated heterocycles. The number of hydrogen-bond donors (Lipinski definition) is 0. The molecular weight excluding hydrogens is 259 g/mol. The molecule has 0 spiro atoms. The Labute approximate surface area is 116 Å². The fraction of sp³-hybridized carbons (Fsp3) is 0.200. The van der Waals surface area contributed by atoms with Crippen molar-refractivity contribution in [2.45, 2.75) is 13.1 Å². The van der Waals surface area contributed by atoms with E-state index in [9.17, 15) is 14.5 Å². The number of nitrogens with zero attached hydrogens (tertiary/aromatic N) is 2. The summed E-state index contributed by atoms with van der Waals surface area (Å²) in [5, 5.41) is 10.9. The topological polar surface area (TPSA) is 46.4 Å². The zero-order valence-corrected chi connectivity index (χ0v) is 11.1. The molecule has 0 N–H and O–H groups in total. The largest absolute Gasteiger partial charge is 0.297 e. The maximum Gasteiger partial charge on any atom is 0.273 e. The molecule has 20 heavy (non-hydrogen) atoms. The summed E-state index contributed by atoms with van der Waals surface area (Å²) >= 11 is 0. The molecule has 0 amide bonds. The third kappa shape index (κ3) is 3.39. The van der Waals surface area contributed by atoms with E-state index in [-0.39, 0.29) is 11.5 Å². The normalized spacial score (nSPS) is 10.8. The molecular formula is C15H15FN2O2. The molecule has 0 aliphatic heterocycles. The minimum atomic E-state index is -0.397. The fourth-order valence-electron chi connectivity index (χ4n) is 2.09. The Bertz CT molecular complexity index is 616. The molecule has 2 aromatic rings. The lowest BCUT2D eigenvalue weighted by Crippen LogP contribution is -2.18. The molecule has 4 nitrogen and oxygen atoms in total. The van der Waals surface area contributed by atoms with Gasteiger partial charge >= 0.3 is 0 Å². The first kappa shape index (κ1) is 14.1. The zero-order valence-electron chi connectivity index (χ0n) is 11.1. The van der Waals surface area contributed by atoms with E-state index in [0.717, 1.165) is 0 Å². The van der Waals surface area contributed by atoms with E-state index in [1.54, 1.807) is 36.4 Å². The van der Waals surface area contributed by atoms with Gasteiger partial charge in [-0.25, -0.2) is 4.39 Å². The van der Waals surface area contributed by atoms with E-state index in [0.29, 0.717) is 24.2 Å². The van der Waals surface area contributed by atoms with E-state index in [1.807, 2.05) is 11.9 Å². The van der Waals surface area contributed by atoms with Crippen molar-refractivity contribution >= 4 is 5.69 Å². The highest BCUT2D eigenvalue weighted by atomic mass is 19.1. The lowest BCUT2D eigenvalue weighted by Gasteiger charge is -2.17. The van der Waals surface area contributed by atoms with Gasteiger partial charge in [-0.3, -0.25) is 15.0 Å². The SMILES string of the molecule is CN(Cc1ccccc1F)Cc1ccccc1[N+](=O)[O-]. The molecule has 0 saturated carbocycles. The standard InChI is InChI=1S/C15H15FN2O2/c1-17(10-12-6-2-4-8-14(12)16)11-13-7-3-5-9-15(13)18(19)20/h2-9H,10-11H2,1H3. The second-order valence-corrected chi connectivity index (χ2v) is 4.65. The number of nitro groups is 1. The Morgan fingerprint density at radius 3 is 2.25 bits per heavy atom. The Balaban J connectivity index is 2.11. The van der Waals surface area contributed by atoms with Crippen LogP contribution < -0.4 is 0 Å². The van der Waals surface area contributed by atoms with Crippen LogP contribution in [0.2, 0.25) is 0 Å². The van der Waals surface area contributed by atoms with Gasteiger partial charge in [0.1, 0.15) is 5.82 Å². The van der Waals surface area contributed by atoms with Crippen LogP contribution in [0.4, 0.5) is 10.1 Å². The Kier molecular flexibility index (Phi) is 4.42. The molecule has 0 radical (unpaired) electrons. The van der Waals surface area contributed by atoms with Crippen molar-refractivity contribution in [3.63, 3.8) is 0 Å². The first-order chi connectivity index (χ1) is 9.58. The van der Waals surface area contributed by atoms with Crippen LogP contribution in [0.25, 0.3) is 0 Å². The molecule has 0 aliphatic carbocycles. The van der Waals surface area contributed by atoms with Crippen molar-refractivity contribution < 1.29 is 9.31 Å². The van der Waals surface area contributed by atoms with Gasteiger partial charge in [-0.15, -0.1) is 0 Å². The average Bonchev–Trinajstić information content (AvgIpc) is 2.41. The lowest BCUT2D eigenvalue weighted by molar-refractivity contribution is -0.385. The van der Waals surface area contributed by atoms with Crippen molar-refractivity contribution in [3.8, 4) is 0 Å². The maximum atomic E-state index is 13.6. The predicted octanol–water partition coefficient (Wildman–Crippen LogP) is 3.37. The minimum Gasteiger partial charge on any atom is -0.297 e. The highest BCUT2D eigenvalue weighted by molar-refractivity contribution is 5.39. The summed E-state index contributed by atoms with van der Waals surface area (Å²) in [5.74, 6) is -0.262. The molecule has 0 aliphatic rings. The fourth-order valence-corrected chi connectivity index (χ4v) is 2.09. The first-order valence-corrected chi connectivity index (χ1v) is 6.22. The van der Waals surface area contributed by atoms with E-state index < -0.39 is 4.92 Å². The summed E-state index contributed by atoms with van der Waals surface area (Å²) in [5.41, 5.74) is 1.29. The highest BCUT2D eigenvalue weighted by Crippen LogP contribution is 2.20. The smallest absolute Gasteiger partial charge is 0.273 e. The number of hydrogen-bond acceptors (Lipinski definition) is 3. The van der Waals surface area contributed by atoms with Crippen molar-refractivity contribution in [1.82, 2.24) is 4.90 Å². The molecule has 0 heterocycles. The molecule has 0 aromatic heterocycles. The van der Waals surface area contributed by atoms with Crippen LogP contribution in [0.3, 0.4) is 0 Å². The monoisotopic (exact) mass is 274 g/mol. The van der Waals surface area contributed by atoms with Crippen molar-refractivity contribution in [2.24, 2.45) is 0 Å². The van der Waals surface area contributed by atoms with Crippen LogP contribution in [0, 0.1) is 15.9 Å². The van der Waals surface area contributed by atoms with E-state index in [1.165, 1.54) is 12.1 Å². The number of rotatable bonds is 5. The quantitative estimate of drug-likeness (QED) is 0.620. The zero-order chi connectivity index (χ0) is 14.5. The van der Waals surface area contributed by atoms with Crippen LogP contribution in [-0.2, 0) is 13.1 Å². The third-order valence-corrected chi connectivity index (χ3v) is 3.03. The summed E-state index contributed by atoms with van der Waals surface area (Å²) < 4.78 is 13.6. The minimum absolute atomic E-state index is 0.0906. The van der Waals surface area contributed by atoms with Gasteiger partial charge in [-0.1, -0.05) is 36.4 Å². The second kappa shape index (κ2) is 6.25. The van der Waals surface area contributed by atoms with Crippen LogP contribution in [-0.4, -0.2) is 16.9 Å². The van der Waals surface area contributed by atoms with Gasteiger partial charge in [-0.2, -0.15) is 0 Å². The van der Waals surface area contributed by atoms with Crippen LogP contribution in [0.15, 0.2) is 48.5 Å². The second-order valence-electron chi connectivity index (χ2n) is 4.65. The van der Waals surface area contributed by atoms with Gasteiger partial charge < -0.3 is 0 Å². The van der Waals surface area contributed by atoms with Crippen LogP contribution >= 0.6 is 0 Å². The van der Waals surface area contributed by atoms with Crippen LogP contribution in [0.5, 0.6) is 0 Å². The molecule has 5 heteroatoms. The molecule has 0 unspecified atom stereocenters. The molecule has 2 rings (SSSR count). The van der Waals surface area contributed by atoms with Crippen LogP contribution in [0.1, 0.15) is 11.1 Å². The van der Waals surface area contributed by atoms with E-state index >= 15 is 0 Å². The third-order valence-electron chi connectivity index (χ3n) is 3.03. The van der Waals surface area contributed by atoms with Gasteiger partial charge in [0.2, 0.25) is 0 Å². The van der Waals surface area contributed by atoms with E-state index in [2.05, 4.69) is 0 Å². The average molecular weight is 274 g/mol. The highest BCUT2D eigenvalue weighted by Gasteiger charge is 2.14. The number of para-hydroxylation sites is 1. The molecule has 104 valence electrons. The number of nitro benzene ring substituents is 1. The van der Waals surface area contributed by atoms with Crippen molar-refractivity contribution in [1.29, 1.82) is 0 Å². The molecule has 0 atom stereocenters. The van der Waals surface area contributed by atoms with Crippen molar-refractivity contribution in [2.75, 3.05) is 7.05 Å². The van der Waals surface area contributed by atoms with E-state index in [4.69, 9.17) is 0 Å². The lowest BCUT2D eigenvalue weighted by atomic mass is 10.1. The van der Waals surface area contributed by atoms with Crippen molar-refractivity contribution in [3.05, 3.63) is 75.6 Å². The molecule has 2 aromatic carbocycles. The predicted molar refractivity (Wildman–Crippen MR) is 74.7 cm³/mol. The first-order valence-electron chi connectivity index (χ1n) is 6.22. The van der Waals surface area contributed by atoms with Gasteiger partial charge in [0.15, 0.2) is 0 Å². The Morgan fingerprint density at radius 2 is 1.60 bits per heavy atom. The summed E-state index contributed by atoms with van der Waals surface area (Å²) in [6, 6.07) is 13.1. The van der Waals surface area contributed by atoms with Gasteiger partial charge in [-0.05, 0) is 13.1 Å². The number of halogens is 1. The Hall–Kier alpha value is -2.27. The van der Waals surface area contributed by atoms with Gasteiger partial charge in [0.05, 0.1) is 4.92 Å². The molecule has 0 bridgehead atoms. The van der Waals surface area contributed by atoms with Gasteiger partial charge in [0.25, 0.3) is 5.69 Å².